The van der Waals surface area contributed by atoms with Gasteiger partial charge in [-0.25, -0.2) is 4.98 Å². The number of rotatable bonds is 3. The number of phenols is 1. The average molecular weight is 361 g/mol. The first kappa shape index (κ1) is 17.0. The molecule has 0 bridgehead atoms. The number of benzene rings is 1. The van der Waals surface area contributed by atoms with Crippen LogP contribution >= 0.6 is 0 Å². The maximum Gasteiger partial charge on any atom is 0.154 e. The molecule has 0 amide bonds. The molecular weight excluding hydrogens is 342 g/mol. The summed E-state index contributed by atoms with van der Waals surface area (Å²) >= 11 is 0. The van der Waals surface area contributed by atoms with Gasteiger partial charge in [0, 0.05) is 48.8 Å². The molecule has 0 spiro atoms. The summed E-state index contributed by atoms with van der Waals surface area (Å²) in [6.45, 7) is 1.39. The standard InChI is InChI=1S/C20H19N5O2/c21-20-16(11-17(23-24-20)15-3-1-2-4-18(15)27)13-5-6-19(22-12-13)25-9-7-14(26)8-10-25/h1-6,11-12,27H,7-10H2,(H2,21,24). The normalized spacial score (nSPS) is 14.4. The Balaban J connectivity index is 1.64. The lowest BCUT2D eigenvalue weighted by Gasteiger charge is -2.27. The molecule has 0 saturated carbocycles. The van der Waals surface area contributed by atoms with E-state index >= 15 is 0 Å². The van der Waals surface area contributed by atoms with Crippen molar-refractivity contribution in [3.8, 4) is 28.1 Å². The summed E-state index contributed by atoms with van der Waals surface area (Å²) in [5.41, 5.74) is 8.67. The number of phenolic OH excluding ortho intramolecular Hbond substituents is 1. The molecule has 0 atom stereocenters. The molecule has 1 saturated heterocycles. The first-order chi connectivity index (χ1) is 13.1. The third-order valence-electron chi connectivity index (χ3n) is 4.71. The van der Waals surface area contributed by atoms with Gasteiger partial charge < -0.3 is 15.7 Å². The predicted octanol–water partition coefficient (Wildman–Crippen LogP) is 2.66. The predicted molar refractivity (Wildman–Crippen MR) is 103 cm³/mol. The number of hydrogen-bond acceptors (Lipinski definition) is 7. The summed E-state index contributed by atoms with van der Waals surface area (Å²) in [5.74, 6) is 1.57. The van der Waals surface area contributed by atoms with E-state index in [2.05, 4.69) is 20.1 Å². The van der Waals surface area contributed by atoms with E-state index in [4.69, 9.17) is 5.73 Å². The number of para-hydroxylation sites is 1. The van der Waals surface area contributed by atoms with Crippen LogP contribution in [0.4, 0.5) is 11.6 Å². The lowest BCUT2D eigenvalue weighted by molar-refractivity contribution is -0.119. The highest BCUT2D eigenvalue weighted by atomic mass is 16.3. The number of Topliss-reactive ketones (excluding diaryl/α,β-unsaturated/α-hetero) is 1. The van der Waals surface area contributed by atoms with E-state index in [1.165, 1.54) is 0 Å². The molecule has 3 heterocycles. The number of carbonyl (C=O) groups excluding carboxylic acids is 1. The van der Waals surface area contributed by atoms with Gasteiger partial charge >= 0.3 is 0 Å². The van der Waals surface area contributed by atoms with Gasteiger partial charge in [0.1, 0.15) is 17.4 Å². The van der Waals surface area contributed by atoms with Crippen LogP contribution in [0.1, 0.15) is 12.8 Å². The molecule has 2 aromatic heterocycles. The number of nitrogen functional groups attached to an aromatic ring is 1. The van der Waals surface area contributed by atoms with E-state index < -0.39 is 0 Å². The summed E-state index contributed by atoms with van der Waals surface area (Å²) in [7, 11) is 0. The van der Waals surface area contributed by atoms with Crippen LogP contribution in [0.25, 0.3) is 22.4 Å². The molecule has 4 rings (SSSR count). The Morgan fingerprint density at radius 3 is 2.48 bits per heavy atom. The first-order valence-corrected chi connectivity index (χ1v) is 8.76. The van der Waals surface area contributed by atoms with Crippen molar-refractivity contribution in [3.63, 3.8) is 0 Å². The van der Waals surface area contributed by atoms with Gasteiger partial charge in [-0.15, -0.1) is 10.2 Å². The van der Waals surface area contributed by atoms with Crippen molar-refractivity contribution in [2.45, 2.75) is 12.8 Å². The maximum absolute atomic E-state index is 11.4. The van der Waals surface area contributed by atoms with Crippen LogP contribution in [0.5, 0.6) is 5.75 Å². The van der Waals surface area contributed by atoms with Gasteiger partial charge in [-0.05, 0) is 30.3 Å². The molecular formula is C20H19N5O2. The van der Waals surface area contributed by atoms with Gasteiger partial charge in [0.05, 0.1) is 5.69 Å². The van der Waals surface area contributed by atoms with Crippen molar-refractivity contribution in [3.05, 3.63) is 48.7 Å². The number of piperidine rings is 1. The Kier molecular flexibility index (Phi) is 4.42. The topological polar surface area (TPSA) is 105 Å². The van der Waals surface area contributed by atoms with Gasteiger partial charge in [-0.3, -0.25) is 4.79 Å². The molecule has 0 aliphatic carbocycles. The Morgan fingerprint density at radius 1 is 1.00 bits per heavy atom. The summed E-state index contributed by atoms with van der Waals surface area (Å²) in [4.78, 5) is 18.0. The zero-order valence-corrected chi connectivity index (χ0v) is 14.7. The maximum atomic E-state index is 11.4. The fourth-order valence-corrected chi connectivity index (χ4v) is 3.17. The van der Waals surface area contributed by atoms with E-state index in [0.717, 1.165) is 11.4 Å². The zero-order valence-electron chi connectivity index (χ0n) is 14.7. The van der Waals surface area contributed by atoms with E-state index in [1.54, 1.807) is 30.5 Å². The Morgan fingerprint density at radius 2 is 1.78 bits per heavy atom. The van der Waals surface area contributed by atoms with Crippen molar-refractivity contribution < 1.29 is 9.90 Å². The zero-order chi connectivity index (χ0) is 18.8. The second-order valence-electron chi connectivity index (χ2n) is 6.48. The Hall–Kier alpha value is -3.48. The number of nitrogens with two attached hydrogens (primary N) is 1. The second-order valence-corrected chi connectivity index (χ2v) is 6.48. The lowest BCUT2D eigenvalue weighted by atomic mass is 10.0. The highest BCUT2D eigenvalue weighted by Gasteiger charge is 2.18. The van der Waals surface area contributed by atoms with Crippen LogP contribution in [-0.2, 0) is 4.79 Å². The van der Waals surface area contributed by atoms with Gasteiger partial charge in [-0.2, -0.15) is 0 Å². The fraction of sp³-hybridized carbons (Fsp3) is 0.200. The van der Waals surface area contributed by atoms with Crippen LogP contribution < -0.4 is 10.6 Å². The van der Waals surface area contributed by atoms with Crippen LogP contribution in [0.3, 0.4) is 0 Å². The number of aromatic nitrogens is 3. The van der Waals surface area contributed by atoms with Crippen LogP contribution in [0, 0.1) is 0 Å². The number of pyridine rings is 1. The summed E-state index contributed by atoms with van der Waals surface area (Å²) in [5, 5.41) is 18.2. The molecule has 1 aliphatic rings. The third kappa shape index (κ3) is 3.44. The van der Waals surface area contributed by atoms with Gasteiger partial charge in [0.15, 0.2) is 5.82 Å². The number of carbonyl (C=O) groups is 1. The Bertz CT molecular complexity index is 978. The molecule has 7 nitrogen and oxygen atoms in total. The molecule has 1 aliphatic heterocycles. The molecule has 7 heteroatoms. The van der Waals surface area contributed by atoms with Crippen molar-refractivity contribution in [1.82, 2.24) is 15.2 Å². The van der Waals surface area contributed by atoms with Gasteiger partial charge in [0.25, 0.3) is 0 Å². The minimum atomic E-state index is 0.135. The number of nitrogens with zero attached hydrogens (tertiary/aromatic N) is 4. The average Bonchev–Trinajstić information content (AvgIpc) is 2.70. The second kappa shape index (κ2) is 7.03. The van der Waals surface area contributed by atoms with Gasteiger partial charge in [-0.1, -0.05) is 12.1 Å². The van der Waals surface area contributed by atoms with E-state index in [0.29, 0.717) is 54.4 Å². The van der Waals surface area contributed by atoms with Gasteiger partial charge in [0.2, 0.25) is 0 Å². The van der Waals surface area contributed by atoms with Crippen molar-refractivity contribution in [2.24, 2.45) is 0 Å². The molecule has 0 unspecified atom stereocenters. The summed E-state index contributed by atoms with van der Waals surface area (Å²) < 4.78 is 0. The van der Waals surface area contributed by atoms with Crippen LogP contribution in [-0.4, -0.2) is 39.2 Å². The van der Waals surface area contributed by atoms with Crippen molar-refractivity contribution >= 4 is 17.4 Å². The molecule has 27 heavy (non-hydrogen) atoms. The summed E-state index contributed by atoms with van der Waals surface area (Å²) in [6, 6.07) is 12.6. The van der Waals surface area contributed by atoms with E-state index in [9.17, 15) is 9.90 Å². The molecule has 1 fully saturated rings. The highest BCUT2D eigenvalue weighted by molar-refractivity contribution is 5.81. The minimum Gasteiger partial charge on any atom is -0.507 e. The third-order valence-corrected chi connectivity index (χ3v) is 4.71. The number of ketones is 1. The monoisotopic (exact) mass is 361 g/mol. The quantitative estimate of drug-likeness (QED) is 0.739. The number of aromatic hydroxyl groups is 1. The van der Waals surface area contributed by atoms with E-state index in [1.807, 2.05) is 18.2 Å². The van der Waals surface area contributed by atoms with Crippen molar-refractivity contribution in [1.29, 1.82) is 0 Å². The molecule has 136 valence electrons. The SMILES string of the molecule is Nc1nnc(-c2ccccc2O)cc1-c1ccc(N2CCC(=O)CC2)nc1. The highest BCUT2D eigenvalue weighted by Crippen LogP contribution is 2.32. The van der Waals surface area contributed by atoms with Crippen LogP contribution in [0.15, 0.2) is 48.7 Å². The molecule has 3 aromatic rings. The van der Waals surface area contributed by atoms with Crippen LogP contribution in [0.2, 0.25) is 0 Å². The van der Waals surface area contributed by atoms with E-state index in [-0.39, 0.29) is 5.75 Å². The molecule has 3 N–H and O–H groups in total. The Labute approximate surface area is 156 Å². The fourth-order valence-electron chi connectivity index (χ4n) is 3.17. The smallest absolute Gasteiger partial charge is 0.154 e. The summed E-state index contributed by atoms with van der Waals surface area (Å²) in [6.07, 6.45) is 2.87. The molecule has 0 radical (unpaired) electrons. The number of hydrogen-bond donors (Lipinski definition) is 2. The first-order valence-electron chi connectivity index (χ1n) is 8.76. The lowest BCUT2D eigenvalue weighted by Crippen LogP contribution is -2.34. The minimum absolute atomic E-state index is 0.135. The molecule has 1 aromatic carbocycles. The number of anilines is 2. The van der Waals surface area contributed by atoms with Crippen molar-refractivity contribution in [2.75, 3.05) is 23.7 Å². The largest absolute Gasteiger partial charge is 0.507 e.